The van der Waals surface area contributed by atoms with Crippen molar-refractivity contribution >= 4 is 5.69 Å². The topological polar surface area (TPSA) is 52.0 Å². The quantitative estimate of drug-likeness (QED) is 0.880. The lowest BCUT2D eigenvalue weighted by Gasteiger charge is -2.22. The number of ether oxygens (including phenoxy) is 1. The highest BCUT2D eigenvalue weighted by atomic mass is 16.5. The van der Waals surface area contributed by atoms with Crippen LogP contribution in [0.25, 0.3) is 5.82 Å². The molecule has 0 aliphatic rings. The molecule has 0 saturated carbocycles. The third-order valence-corrected chi connectivity index (χ3v) is 3.32. The van der Waals surface area contributed by atoms with Crippen molar-refractivity contribution in [1.82, 2.24) is 14.5 Å². The maximum absolute atomic E-state index is 5.24. The van der Waals surface area contributed by atoms with Crippen molar-refractivity contribution < 1.29 is 4.74 Å². The normalized spacial score (nSPS) is 12.7. The number of aromatic nitrogens is 3. The molecule has 108 valence electrons. The number of methoxy groups -OCH3 is 1. The van der Waals surface area contributed by atoms with Crippen molar-refractivity contribution in [3.05, 3.63) is 36.5 Å². The molecule has 0 amide bonds. The molecule has 0 aliphatic carbocycles. The Hall–Kier alpha value is -1.88. The smallest absolute Gasteiger partial charge is 0.138 e. The van der Waals surface area contributed by atoms with E-state index in [9.17, 15) is 0 Å². The third kappa shape index (κ3) is 3.36. The first-order valence-corrected chi connectivity index (χ1v) is 6.83. The maximum atomic E-state index is 5.24. The van der Waals surface area contributed by atoms with Gasteiger partial charge in [-0.3, -0.25) is 4.57 Å². The van der Waals surface area contributed by atoms with Crippen LogP contribution in [0.1, 0.15) is 19.7 Å². The molecule has 0 aromatic carbocycles. The zero-order valence-electron chi connectivity index (χ0n) is 12.5. The summed E-state index contributed by atoms with van der Waals surface area (Å²) in [4.78, 5) is 8.68. The summed E-state index contributed by atoms with van der Waals surface area (Å²) in [6.07, 6.45) is 5.53. The van der Waals surface area contributed by atoms with Gasteiger partial charge < -0.3 is 10.1 Å². The van der Waals surface area contributed by atoms with Crippen molar-refractivity contribution in [1.29, 1.82) is 0 Å². The Morgan fingerprint density at radius 2 is 2.10 bits per heavy atom. The molecule has 0 saturated heterocycles. The average molecular weight is 274 g/mol. The molecular formula is C15H22N4O. The van der Waals surface area contributed by atoms with Gasteiger partial charge in [0.25, 0.3) is 0 Å². The van der Waals surface area contributed by atoms with Crippen molar-refractivity contribution in [2.75, 3.05) is 19.0 Å². The van der Waals surface area contributed by atoms with E-state index in [1.165, 1.54) is 0 Å². The second-order valence-corrected chi connectivity index (χ2v) is 5.20. The molecule has 0 fully saturated rings. The Morgan fingerprint density at radius 3 is 2.60 bits per heavy atom. The van der Waals surface area contributed by atoms with Gasteiger partial charge in [0.05, 0.1) is 24.5 Å². The van der Waals surface area contributed by atoms with Crippen LogP contribution in [-0.4, -0.2) is 34.3 Å². The van der Waals surface area contributed by atoms with Crippen LogP contribution in [0, 0.1) is 12.8 Å². The van der Waals surface area contributed by atoms with Crippen molar-refractivity contribution in [2.45, 2.75) is 26.8 Å². The van der Waals surface area contributed by atoms with Crippen LogP contribution >= 0.6 is 0 Å². The summed E-state index contributed by atoms with van der Waals surface area (Å²) in [5.41, 5.74) is 1.00. The predicted octanol–water partition coefficient (Wildman–Crippen LogP) is 2.66. The Balaban J connectivity index is 2.10. The van der Waals surface area contributed by atoms with Gasteiger partial charge in [-0.2, -0.15) is 0 Å². The zero-order chi connectivity index (χ0) is 14.5. The highest BCUT2D eigenvalue weighted by Crippen LogP contribution is 2.15. The summed E-state index contributed by atoms with van der Waals surface area (Å²) in [6.45, 7) is 6.99. The molecule has 0 radical (unpaired) electrons. The zero-order valence-corrected chi connectivity index (χ0v) is 12.5. The molecule has 1 atom stereocenters. The lowest BCUT2D eigenvalue weighted by atomic mass is 10.1. The van der Waals surface area contributed by atoms with Gasteiger partial charge in [0, 0.05) is 19.5 Å². The van der Waals surface area contributed by atoms with E-state index in [0.29, 0.717) is 12.5 Å². The summed E-state index contributed by atoms with van der Waals surface area (Å²) in [5, 5.41) is 3.45. The van der Waals surface area contributed by atoms with Crippen molar-refractivity contribution in [3.63, 3.8) is 0 Å². The van der Waals surface area contributed by atoms with Gasteiger partial charge in [0.1, 0.15) is 11.6 Å². The van der Waals surface area contributed by atoms with Crippen LogP contribution in [0.15, 0.2) is 30.7 Å². The lowest BCUT2D eigenvalue weighted by molar-refractivity contribution is 0.171. The lowest BCUT2D eigenvalue weighted by Crippen LogP contribution is -2.30. The molecule has 2 heterocycles. The summed E-state index contributed by atoms with van der Waals surface area (Å²) in [6, 6.07) is 4.30. The molecule has 20 heavy (non-hydrogen) atoms. The molecule has 1 N–H and O–H groups in total. The number of hydrogen-bond acceptors (Lipinski definition) is 4. The number of anilines is 1. The van der Waals surface area contributed by atoms with Gasteiger partial charge in [0.2, 0.25) is 0 Å². The second kappa shape index (κ2) is 6.52. The highest BCUT2D eigenvalue weighted by Gasteiger charge is 2.13. The van der Waals surface area contributed by atoms with E-state index in [-0.39, 0.29) is 6.04 Å². The van der Waals surface area contributed by atoms with Crippen LogP contribution in [0.5, 0.6) is 0 Å². The SMILES string of the molecule is COCC(Nc1ccc(-n2ccnc2C)nc1)C(C)C. The Bertz CT molecular complexity index is 533. The van der Waals surface area contributed by atoms with E-state index in [1.54, 1.807) is 13.3 Å². The molecule has 2 rings (SSSR count). The van der Waals surface area contributed by atoms with Crippen molar-refractivity contribution in [3.8, 4) is 5.82 Å². The third-order valence-electron chi connectivity index (χ3n) is 3.32. The first kappa shape index (κ1) is 14.5. The van der Waals surface area contributed by atoms with Gasteiger partial charge >= 0.3 is 0 Å². The number of rotatable bonds is 6. The van der Waals surface area contributed by atoms with E-state index in [1.807, 2.05) is 36.0 Å². The van der Waals surface area contributed by atoms with Crippen LogP contribution in [-0.2, 0) is 4.74 Å². The van der Waals surface area contributed by atoms with E-state index < -0.39 is 0 Å². The summed E-state index contributed by atoms with van der Waals surface area (Å²) < 4.78 is 7.20. The Kier molecular flexibility index (Phi) is 4.74. The van der Waals surface area contributed by atoms with E-state index in [2.05, 4.69) is 29.1 Å². The fourth-order valence-electron chi connectivity index (χ4n) is 2.03. The van der Waals surface area contributed by atoms with Crippen LogP contribution in [0.3, 0.4) is 0 Å². The largest absolute Gasteiger partial charge is 0.383 e. The monoisotopic (exact) mass is 274 g/mol. The van der Waals surface area contributed by atoms with Crippen LogP contribution in [0.2, 0.25) is 0 Å². The molecule has 1 unspecified atom stereocenters. The fraction of sp³-hybridized carbons (Fsp3) is 0.467. The number of hydrogen-bond donors (Lipinski definition) is 1. The van der Waals surface area contributed by atoms with Gasteiger partial charge in [-0.25, -0.2) is 9.97 Å². The molecular weight excluding hydrogens is 252 g/mol. The van der Waals surface area contributed by atoms with E-state index >= 15 is 0 Å². The first-order valence-electron chi connectivity index (χ1n) is 6.83. The second-order valence-electron chi connectivity index (χ2n) is 5.20. The molecule has 5 nitrogen and oxygen atoms in total. The molecule has 2 aromatic rings. The molecule has 2 aromatic heterocycles. The minimum atomic E-state index is 0.280. The minimum absolute atomic E-state index is 0.280. The molecule has 0 bridgehead atoms. The number of nitrogens with zero attached hydrogens (tertiary/aromatic N) is 3. The van der Waals surface area contributed by atoms with Crippen molar-refractivity contribution in [2.24, 2.45) is 5.92 Å². The maximum Gasteiger partial charge on any atom is 0.138 e. The van der Waals surface area contributed by atoms with Gasteiger partial charge in [-0.05, 0) is 25.0 Å². The summed E-state index contributed by atoms with van der Waals surface area (Å²) in [7, 11) is 1.72. The van der Waals surface area contributed by atoms with Crippen LogP contribution < -0.4 is 5.32 Å². The fourth-order valence-corrected chi connectivity index (χ4v) is 2.03. The van der Waals surface area contributed by atoms with E-state index in [4.69, 9.17) is 4.74 Å². The predicted molar refractivity (Wildman–Crippen MR) is 80.2 cm³/mol. The van der Waals surface area contributed by atoms with Gasteiger partial charge in [-0.15, -0.1) is 0 Å². The summed E-state index contributed by atoms with van der Waals surface area (Å²) >= 11 is 0. The van der Waals surface area contributed by atoms with Crippen LogP contribution in [0.4, 0.5) is 5.69 Å². The van der Waals surface area contributed by atoms with Gasteiger partial charge in [-0.1, -0.05) is 13.8 Å². The number of aryl methyl sites for hydroxylation is 1. The highest BCUT2D eigenvalue weighted by molar-refractivity contribution is 5.44. The Labute approximate surface area is 120 Å². The average Bonchev–Trinajstić information content (AvgIpc) is 2.85. The number of pyridine rings is 1. The number of imidazole rings is 1. The minimum Gasteiger partial charge on any atom is -0.383 e. The summed E-state index contributed by atoms with van der Waals surface area (Å²) in [5.74, 6) is 2.29. The van der Waals surface area contributed by atoms with Gasteiger partial charge in [0.15, 0.2) is 0 Å². The first-order chi connectivity index (χ1) is 9.61. The molecule has 0 spiro atoms. The number of nitrogens with one attached hydrogen (secondary N) is 1. The molecule has 0 aliphatic heterocycles. The van der Waals surface area contributed by atoms with E-state index in [0.717, 1.165) is 17.3 Å². The molecule has 5 heteroatoms. The standard InChI is InChI=1S/C15H22N4O/c1-11(2)14(10-20-4)18-13-5-6-15(17-9-13)19-8-7-16-12(19)3/h5-9,11,14,18H,10H2,1-4H3. The Morgan fingerprint density at radius 1 is 1.30 bits per heavy atom.